The number of hydrogen-bond acceptors (Lipinski definition) is 4. The highest BCUT2D eigenvalue weighted by molar-refractivity contribution is 7.89. The lowest BCUT2D eigenvalue weighted by atomic mass is 9.92. The van der Waals surface area contributed by atoms with Gasteiger partial charge in [-0.2, -0.15) is 4.31 Å². The van der Waals surface area contributed by atoms with Crippen molar-refractivity contribution in [3.63, 3.8) is 0 Å². The second kappa shape index (κ2) is 7.42. The summed E-state index contributed by atoms with van der Waals surface area (Å²) in [5.41, 5.74) is 3.18. The summed E-state index contributed by atoms with van der Waals surface area (Å²) in [5, 5.41) is 9.30. The predicted octanol–water partition coefficient (Wildman–Crippen LogP) is 2.14. The van der Waals surface area contributed by atoms with Gasteiger partial charge in [-0.1, -0.05) is 12.1 Å². The summed E-state index contributed by atoms with van der Waals surface area (Å²) in [7, 11) is -3.65. The van der Waals surface area contributed by atoms with E-state index in [9.17, 15) is 13.5 Å². The van der Waals surface area contributed by atoms with Crippen LogP contribution in [-0.4, -0.2) is 36.0 Å². The lowest BCUT2D eigenvalue weighted by Gasteiger charge is -2.23. The average molecular weight is 346 g/mol. The molecule has 0 saturated carbocycles. The summed E-state index contributed by atoms with van der Waals surface area (Å²) >= 11 is 0. The van der Waals surface area contributed by atoms with Crippen molar-refractivity contribution in [2.45, 2.75) is 37.1 Å². The van der Waals surface area contributed by atoms with E-state index in [1.54, 1.807) is 30.6 Å². The molecule has 1 aliphatic carbocycles. The number of sulfonamides is 1. The summed E-state index contributed by atoms with van der Waals surface area (Å²) in [6.45, 7) is 0.0482. The Balaban J connectivity index is 1.91. The number of hydrogen-bond donors (Lipinski definition) is 1. The van der Waals surface area contributed by atoms with Crippen LogP contribution in [0.4, 0.5) is 0 Å². The summed E-state index contributed by atoms with van der Waals surface area (Å²) in [4.78, 5) is 4.33. The molecule has 5 nitrogen and oxygen atoms in total. The molecule has 2 aromatic rings. The highest BCUT2D eigenvalue weighted by atomic mass is 32.2. The number of rotatable bonds is 6. The van der Waals surface area contributed by atoms with Gasteiger partial charge in [0.15, 0.2) is 0 Å². The highest BCUT2D eigenvalue weighted by Crippen LogP contribution is 2.26. The summed E-state index contributed by atoms with van der Waals surface area (Å²) < 4.78 is 27.3. The monoisotopic (exact) mass is 346 g/mol. The van der Waals surface area contributed by atoms with Crippen LogP contribution in [-0.2, 0) is 29.4 Å². The number of fused-ring (bicyclic) bond motifs is 1. The first kappa shape index (κ1) is 17.1. The molecule has 0 saturated heterocycles. The minimum Gasteiger partial charge on any atom is -0.395 e. The highest BCUT2D eigenvalue weighted by Gasteiger charge is 2.25. The van der Waals surface area contributed by atoms with Gasteiger partial charge < -0.3 is 5.11 Å². The lowest BCUT2D eigenvalue weighted by molar-refractivity contribution is 0.251. The summed E-state index contributed by atoms with van der Waals surface area (Å²) in [6.07, 6.45) is 7.51. The Morgan fingerprint density at radius 2 is 1.92 bits per heavy atom. The topological polar surface area (TPSA) is 70.5 Å². The normalized spacial score (nSPS) is 14.6. The van der Waals surface area contributed by atoms with Gasteiger partial charge in [-0.05, 0) is 60.6 Å². The lowest BCUT2D eigenvalue weighted by Crippen LogP contribution is -2.33. The van der Waals surface area contributed by atoms with Gasteiger partial charge >= 0.3 is 0 Å². The van der Waals surface area contributed by atoms with Crippen LogP contribution in [0.25, 0.3) is 0 Å². The van der Waals surface area contributed by atoms with Gasteiger partial charge in [0.2, 0.25) is 10.0 Å². The minimum absolute atomic E-state index is 0.0638. The fourth-order valence-corrected chi connectivity index (χ4v) is 4.58. The Bertz CT molecular complexity index is 791. The van der Waals surface area contributed by atoms with E-state index in [-0.39, 0.29) is 19.7 Å². The van der Waals surface area contributed by atoms with Gasteiger partial charge in [-0.3, -0.25) is 4.98 Å². The molecule has 0 unspecified atom stereocenters. The molecular weight excluding hydrogens is 324 g/mol. The number of pyridine rings is 1. The van der Waals surface area contributed by atoms with Crippen molar-refractivity contribution < 1.29 is 13.5 Å². The third-order valence-corrected chi connectivity index (χ3v) is 6.23. The molecule has 0 radical (unpaired) electrons. The molecule has 1 aromatic heterocycles. The number of aliphatic hydroxyl groups is 1. The van der Waals surface area contributed by atoms with Crippen LogP contribution < -0.4 is 0 Å². The Labute approximate surface area is 143 Å². The first-order valence-electron chi connectivity index (χ1n) is 8.23. The van der Waals surface area contributed by atoms with Crippen LogP contribution in [0.3, 0.4) is 0 Å². The van der Waals surface area contributed by atoms with Crippen molar-refractivity contribution in [1.29, 1.82) is 0 Å². The summed E-state index contributed by atoms with van der Waals surface area (Å²) in [5.74, 6) is 0. The zero-order valence-corrected chi connectivity index (χ0v) is 14.4. The van der Waals surface area contributed by atoms with Crippen molar-refractivity contribution >= 4 is 10.0 Å². The molecular formula is C18H22N2O3S. The molecule has 1 aromatic carbocycles. The van der Waals surface area contributed by atoms with Crippen LogP contribution in [0.15, 0.2) is 47.6 Å². The maximum absolute atomic E-state index is 13.0. The van der Waals surface area contributed by atoms with E-state index in [1.807, 2.05) is 12.1 Å². The third kappa shape index (κ3) is 3.66. The van der Waals surface area contributed by atoms with Gasteiger partial charge in [0.1, 0.15) is 0 Å². The van der Waals surface area contributed by atoms with Crippen LogP contribution in [0.1, 0.15) is 29.5 Å². The molecule has 0 atom stereocenters. The van der Waals surface area contributed by atoms with E-state index in [4.69, 9.17) is 0 Å². The van der Waals surface area contributed by atoms with Gasteiger partial charge in [0.05, 0.1) is 11.5 Å². The van der Waals surface area contributed by atoms with E-state index < -0.39 is 10.0 Å². The molecule has 128 valence electrons. The second-order valence-electron chi connectivity index (χ2n) is 6.06. The molecule has 24 heavy (non-hydrogen) atoms. The Hall–Kier alpha value is -1.76. The van der Waals surface area contributed by atoms with Crippen LogP contribution in [0.5, 0.6) is 0 Å². The third-order valence-electron chi connectivity index (χ3n) is 4.39. The SMILES string of the molecule is O=S(=O)(c1ccc2c(c1)CCCC2)N(CCO)Cc1cccnc1. The molecule has 0 bridgehead atoms. The van der Waals surface area contributed by atoms with Crippen LogP contribution in [0, 0.1) is 0 Å². The van der Waals surface area contributed by atoms with Gasteiger partial charge in [0, 0.05) is 25.5 Å². The number of aromatic nitrogens is 1. The van der Waals surface area contributed by atoms with Gasteiger partial charge in [-0.25, -0.2) is 8.42 Å². The van der Waals surface area contributed by atoms with E-state index in [0.29, 0.717) is 4.90 Å². The molecule has 0 amide bonds. The van der Waals surface area contributed by atoms with Crippen molar-refractivity contribution in [3.05, 3.63) is 59.4 Å². The van der Waals surface area contributed by atoms with Crippen LogP contribution in [0.2, 0.25) is 0 Å². The zero-order valence-electron chi connectivity index (χ0n) is 13.6. The maximum Gasteiger partial charge on any atom is 0.243 e. The molecule has 0 spiro atoms. The van der Waals surface area contributed by atoms with E-state index >= 15 is 0 Å². The van der Waals surface area contributed by atoms with E-state index in [0.717, 1.165) is 36.8 Å². The van der Waals surface area contributed by atoms with E-state index in [1.165, 1.54) is 9.87 Å². The number of nitrogens with zero attached hydrogens (tertiary/aromatic N) is 2. The van der Waals surface area contributed by atoms with Crippen molar-refractivity contribution in [1.82, 2.24) is 9.29 Å². The standard InChI is InChI=1S/C18H22N2O3S/c21-11-10-20(14-15-4-3-9-19-13-15)24(22,23)18-8-7-16-5-1-2-6-17(16)12-18/h3-4,7-9,12-13,21H,1-2,5-6,10-11,14H2. The van der Waals surface area contributed by atoms with Crippen molar-refractivity contribution in [2.75, 3.05) is 13.2 Å². The molecule has 0 fully saturated rings. The molecule has 1 heterocycles. The molecule has 1 aliphatic rings. The fraction of sp³-hybridized carbons (Fsp3) is 0.389. The largest absolute Gasteiger partial charge is 0.395 e. The predicted molar refractivity (Wildman–Crippen MR) is 92.0 cm³/mol. The number of aryl methyl sites for hydroxylation is 2. The average Bonchev–Trinajstić information content (AvgIpc) is 2.62. The molecule has 1 N–H and O–H groups in total. The van der Waals surface area contributed by atoms with Crippen molar-refractivity contribution in [2.24, 2.45) is 0 Å². The quantitative estimate of drug-likeness (QED) is 0.870. The minimum atomic E-state index is -3.65. The molecule has 0 aliphatic heterocycles. The van der Waals surface area contributed by atoms with Crippen molar-refractivity contribution in [3.8, 4) is 0 Å². The maximum atomic E-state index is 13.0. The Kier molecular flexibility index (Phi) is 5.28. The van der Waals surface area contributed by atoms with Crippen LogP contribution >= 0.6 is 0 Å². The molecule has 3 rings (SSSR count). The zero-order chi connectivity index (χ0) is 17.0. The smallest absolute Gasteiger partial charge is 0.243 e. The van der Waals surface area contributed by atoms with E-state index in [2.05, 4.69) is 4.98 Å². The number of benzene rings is 1. The number of aliphatic hydroxyl groups excluding tert-OH is 1. The van der Waals surface area contributed by atoms with Gasteiger partial charge in [0.25, 0.3) is 0 Å². The fourth-order valence-electron chi connectivity index (χ4n) is 3.11. The Morgan fingerprint density at radius 3 is 2.62 bits per heavy atom. The first-order chi connectivity index (χ1) is 11.6. The first-order valence-corrected chi connectivity index (χ1v) is 9.67. The second-order valence-corrected chi connectivity index (χ2v) is 8.00. The Morgan fingerprint density at radius 1 is 1.12 bits per heavy atom. The summed E-state index contributed by atoms with van der Waals surface area (Å²) in [6, 6.07) is 9.03. The molecule has 6 heteroatoms. The van der Waals surface area contributed by atoms with Gasteiger partial charge in [-0.15, -0.1) is 0 Å².